The molecule has 2 heterocycles. The van der Waals surface area contributed by atoms with Gasteiger partial charge in [0.05, 0.1) is 27.9 Å². The second-order valence-electron chi connectivity index (χ2n) is 5.58. The van der Waals surface area contributed by atoms with E-state index in [4.69, 9.17) is 32.7 Å². The third kappa shape index (κ3) is 3.71. The van der Waals surface area contributed by atoms with Gasteiger partial charge in [-0.05, 0) is 25.0 Å². The Labute approximate surface area is 160 Å². The number of aromatic nitrogens is 1. The number of anilines is 1. The Kier molecular flexibility index (Phi) is 6.01. The number of carbonyl (C=O) groups excluding carboxylic acids is 1. The van der Waals surface area contributed by atoms with Gasteiger partial charge < -0.3 is 19.2 Å². The number of nitrogens with one attached hydrogen (secondary N) is 2. The number of fused-ring (bicyclic) bond motifs is 3. The van der Waals surface area contributed by atoms with E-state index in [-0.39, 0.29) is 17.3 Å². The van der Waals surface area contributed by atoms with Gasteiger partial charge in [0.25, 0.3) is 0 Å². The predicted octanol–water partition coefficient (Wildman–Crippen LogP) is 4.48. The van der Waals surface area contributed by atoms with Crippen molar-refractivity contribution >= 4 is 57.9 Å². The van der Waals surface area contributed by atoms with Crippen LogP contribution in [0.3, 0.4) is 0 Å². The summed E-state index contributed by atoms with van der Waals surface area (Å²) in [4.78, 5) is 15.2. The first-order valence-electron chi connectivity index (χ1n) is 7.93. The van der Waals surface area contributed by atoms with Crippen molar-refractivity contribution in [3.63, 3.8) is 0 Å². The summed E-state index contributed by atoms with van der Waals surface area (Å²) < 4.78 is 15.7. The molecule has 6 nitrogen and oxygen atoms in total. The number of carbonyl (C=O) groups is 1. The fourth-order valence-electron chi connectivity index (χ4n) is 2.77. The number of aromatic amines is 1. The highest BCUT2D eigenvalue weighted by molar-refractivity contribution is 7.98. The van der Waals surface area contributed by atoms with Gasteiger partial charge in [-0.25, -0.2) is 9.10 Å². The summed E-state index contributed by atoms with van der Waals surface area (Å²) in [5, 5.41) is 1.43. The topological polar surface area (TPSA) is 66.6 Å². The van der Waals surface area contributed by atoms with Crippen LogP contribution in [-0.2, 0) is 16.0 Å². The zero-order valence-corrected chi connectivity index (χ0v) is 16.3. The first-order chi connectivity index (χ1) is 12.1. The second kappa shape index (κ2) is 8.05. The summed E-state index contributed by atoms with van der Waals surface area (Å²) in [6.45, 7) is 4.37. The van der Waals surface area contributed by atoms with Crippen molar-refractivity contribution in [1.29, 1.82) is 0 Å². The van der Waals surface area contributed by atoms with Gasteiger partial charge in [0.2, 0.25) is 0 Å². The zero-order valence-electron chi connectivity index (χ0n) is 13.9. The lowest BCUT2D eigenvalue weighted by Crippen LogP contribution is -2.24. The molecule has 0 fully saturated rings. The van der Waals surface area contributed by atoms with Crippen LogP contribution in [0.15, 0.2) is 6.07 Å². The summed E-state index contributed by atoms with van der Waals surface area (Å²) in [5.74, 6) is -0.488. The summed E-state index contributed by atoms with van der Waals surface area (Å²) in [6.07, 6.45) is 0.942. The first kappa shape index (κ1) is 18.7. The molecule has 0 saturated heterocycles. The monoisotopic (exact) mass is 403 g/mol. The lowest BCUT2D eigenvalue weighted by molar-refractivity contribution is 0.0521. The average molecular weight is 404 g/mol. The smallest absolute Gasteiger partial charge is 0.356 e. The molecular weight excluding hydrogens is 385 g/mol. The number of ether oxygens (including phenoxy) is 2. The number of rotatable bonds is 6. The van der Waals surface area contributed by atoms with E-state index < -0.39 is 5.97 Å². The molecule has 0 atom stereocenters. The van der Waals surface area contributed by atoms with Gasteiger partial charge in [-0.3, -0.25) is 0 Å². The van der Waals surface area contributed by atoms with E-state index in [1.165, 1.54) is 12.1 Å². The average Bonchev–Trinajstić information content (AvgIpc) is 2.93. The third-order valence-corrected chi connectivity index (χ3v) is 5.45. The Morgan fingerprint density at radius 2 is 2.24 bits per heavy atom. The Balaban J connectivity index is 1.95. The molecule has 0 radical (unpaired) electrons. The molecule has 1 aliphatic heterocycles. The van der Waals surface area contributed by atoms with Crippen molar-refractivity contribution in [2.45, 2.75) is 19.9 Å². The molecule has 1 aliphatic rings. The maximum Gasteiger partial charge on any atom is 0.356 e. The van der Waals surface area contributed by atoms with Gasteiger partial charge in [-0.1, -0.05) is 23.2 Å². The second-order valence-corrected chi connectivity index (χ2v) is 7.27. The number of halogens is 2. The lowest BCUT2D eigenvalue weighted by Gasteiger charge is -2.28. The van der Waals surface area contributed by atoms with Crippen LogP contribution in [0.1, 0.15) is 29.4 Å². The van der Waals surface area contributed by atoms with Crippen molar-refractivity contribution in [2.75, 3.05) is 31.6 Å². The maximum absolute atomic E-state index is 12.1. The molecular formula is C16H19Cl2N3O3S. The maximum atomic E-state index is 12.1. The first-order valence-corrected chi connectivity index (χ1v) is 9.46. The number of methoxy groups -OCH3 is 1. The van der Waals surface area contributed by atoms with Crippen LogP contribution < -0.4 is 4.72 Å². The van der Waals surface area contributed by atoms with Crippen LogP contribution in [0.2, 0.25) is 10.0 Å². The number of esters is 1. The molecule has 0 spiro atoms. The number of H-pyrrole nitrogens is 1. The lowest BCUT2D eigenvalue weighted by atomic mass is 10.1. The van der Waals surface area contributed by atoms with E-state index in [0.717, 1.165) is 42.9 Å². The summed E-state index contributed by atoms with van der Waals surface area (Å²) in [7, 11) is 1.70. The molecule has 136 valence electrons. The molecule has 0 aliphatic carbocycles. The number of hydrogen-bond donors (Lipinski definition) is 2. The summed E-state index contributed by atoms with van der Waals surface area (Å²) in [6, 6.07) is 1.89. The molecule has 2 N–H and O–H groups in total. The molecule has 1 aromatic carbocycles. The van der Waals surface area contributed by atoms with Crippen molar-refractivity contribution in [3.05, 3.63) is 27.4 Å². The van der Waals surface area contributed by atoms with Crippen molar-refractivity contribution in [3.8, 4) is 0 Å². The van der Waals surface area contributed by atoms with Crippen LogP contribution >= 0.6 is 35.3 Å². The molecule has 0 unspecified atom stereocenters. The molecule has 0 saturated carbocycles. The van der Waals surface area contributed by atoms with Crippen molar-refractivity contribution in [1.82, 2.24) is 9.29 Å². The molecule has 0 amide bonds. The minimum Gasteiger partial charge on any atom is -0.461 e. The van der Waals surface area contributed by atoms with Gasteiger partial charge in [0.1, 0.15) is 5.69 Å². The summed E-state index contributed by atoms with van der Waals surface area (Å²) in [5.41, 5.74) is 2.88. The highest BCUT2D eigenvalue weighted by Gasteiger charge is 2.26. The van der Waals surface area contributed by atoms with E-state index in [0.29, 0.717) is 10.4 Å². The minimum atomic E-state index is -0.488. The molecule has 3 rings (SSSR count). The Morgan fingerprint density at radius 1 is 1.44 bits per heavy atom. The molecule has 0 bridgehead atoms. The van der Waals surface area contributed by atoms with Crippen LogP contribution in [-0.4, -0.2) is 42.1 Å². The quantitative estimate of drug-likeness (QED) is 0.421. The van der Waals surface area contributed by atoms with Gasteiger partial charge in [-0.15, -0.1) is 0 Å². The van der Waals surface area contributed by atoms with Crippen LogP contribution in [0.5, 0.6) is 0 Å². The van der Waals surface area contributed by atoms with Gasteiger partial charge >= 0.3 is 5.97 Å². The largest absolute Gasteiger partial charge is 0.461 e. The van der Waals surface area contributed by atoms with E-state index >= 15 is 0 Å². The molecule has 1 aromatic heterocycles. The molecule has 2 aromatic rings. The number of hydrogen-bond acceptors (Lipinski definition) is 6. The van der Waals surface area contributed by atoms with Crippen LogP contribution in [0.4, 0.5) is 5.69 Å². The standard InChI is InChI=1S/C16H19Cl2N3O3S/c1-3-24-16(22)15-12(18)11-10(17)7-9-8-21(5-4-6-23-2)25-20-13(9)14(11)19-15/h7,19-20H,3-6,8H2,1-2H3. The number of benzene rings is 1. The zero-order chi connectivity index (χ0) is 18.0. The van der Waals surface area contributed by atoms with E-state index in [1.54, 1.807) is 14.0 Å². The Hall–Kier alpha value is -1.12. The normalized spacial score (nSPS) is 14.4. The van der Waals surface area contributed by atoms with Crippen LogP contribution in [0.25, 0.3) is 10.9 Å². The molecule has 25 heavy (non-hydrogen) atoms. The third-order valence-electron chi connectivity index (χ3n) is 3.91. The fraction of sp³-hybridized carbons (Fsp3) is 0.438. The van der Waals surface area contributed by atoms with Crippen molar-refractivity contribution < 1.29 is 14.3 Å². The van der Waals surface area contributed by atoms with Gasteiger partial charge in [0, 0.05) is 44.3 Å². The van der Waals surface area contributed by atoms with Gasteiger partial charge in [-0.2, -0.15) is 0 Å². The van der Waals surface area contributed by atoms with Crippen molar-refractivity contribution in [2.24, 2.45) is 0 Å². The number of nitrogens with zero attached hydrogens (tertiary/aromatic N) is 1. The Bertz CT molecular complexity index is 797. The fourth-order valence-corrected chi connectivity index (χ4v) is 4.34. The SMILES string of the molecule is CCOC(=O)c1[nH]c2c3c(cc(Cl)c2c1Cl)CN(CCCOC)SN3. The highest BCUT2D eigenvalue weighted by atomic mass is 35.5. The van der Waals surface area contributed by atoms with E-state index in [9.17, 15) is 4.79 Å². The Morgan fingerprint density at radius 3 is 2.96 bits per heavy atom. The molecule has 9 heteroatoms. The predicted molar refractivity (Wildman–Crippen MR) is 102 cm³/mol. The van der Waals surface area contributed by atoms with Crippen LogP contribution in [0, 0.1) is 0 Å². The van der Waals surface area contributed by atoms with E-state index in [2.05, 4.69) is 14.0 Å². The highest BCUT2D eigenvalue weighted by Crippen LogP contribution is 2.43. The van der Waals surface area contributed by atoms with E-state index in [1.807, 2.05) is 6.07 Å². The minimum absolute atomic E-state index is 0.225. The summed E-state index contributed by atoms with van der Waals surface area (Å²) >= 11 is 14.3. The van der Waals surface area contributed by atoms with Gasteiger partial charge in [0.15, 0.2) is 0 Å².